The molecule has 17 heavy (non-hydrogen) atoms. The number of nitriles is 1. The van der Waals surface area contributed by atoms with Gasteiger partial charge in [-0.3, -0.25) is 0 Å². The summed E-state index contributed by atoms with van der Waals surface area (Å²) in [5.74, 6) is 0. The van der Waals surface area contributed by atoms with Gasteiger partial charge in [-0.15, -0.1) is 0 Å². The van der Waals surface area contributed by atoms with Crippen LogP contribution in [0.4, 0.5) is 5.69 Å². The molecule has 1 aliphatic heterocycles. The van der Waals surface area contributed by atoms with Gasteiger partial charge in [-0.2, -0.15) is 5.26 Å². The Hall–Kier alpha value is -1.49. The molecule has 0 amide bonds. The molecule has 1 saturated heterocycles. The van der Waals surface area contributed by atoms with Crippen molar-refractivity contribution in [3.8, 4) is 6.07 Å². The van der Waals surface area contributed by atoms with Crippen molar-refractivity contribution in [2.75, 3.05) is 18.0 Å². The van der Waals surface area contributed by atoms with Crippen LogP contribution in [0.2, 0.25) is 0 Å². The van der Waals surface area contributed by atoms with E-state index in [1.165, 1.54) is 24.1 Å². The average Bonchev–Trinajstić information content (AvgIpc) is 2.31. The minimum Gasteiger partial charge on any atom is -0.370 e. The van der Waals surface area contributed by atoms with Gasteiger partial charge in [0.25, 0.3) is 0 Å². The lowest BCUT2D eigenvalue weighted by atomic mass is 9.74. The zero-order chi connectivity index (χ0) is 12.5. The number of hydrogen-bond acceptors (Lipinski definition) is 2. The highest BCUT2D eigenvalue weighted by Gasteiger charge is 2.40. The van der Waals surface area contributed by atoms with E-state index in [4.69, 9.17) is 5.26 Å². The first kappa shape index (κ1) is 12.0. The number of aryl methyl sites for hydroxylation is 1. The summed E-state index contributed by atoms with van der Waals surface area (Å²) in [5.41, 5.74) is 3.78. The fourth-order valence-corrected chi connectivity index (χ4v) is 2.65. The van der Waals surface area contributed by atoms with Gasteiger partial charge >= 0.3 is 0 Å². The van der Waals surface area contributed by atoms with Crippen LogP contribution in [0.3, 0.4) is 0 Å². The first-order valence-electron chi connectivity index (χ1n) is 6.40. The predicted octanol–water partition coefficient (Wildman–Crippen LogP) is 3.49. The van der Waals surface area contributed by atoms with Gasteiger partial charge < -0.3 is 4.90 Å². The van der Waals surface area contributed by atoms with Crippen molar-refractivity contribution in [3.63, 3.8) is 0 Å². The van der Waals surface area contributed by atoms with Gasteiger partial charge in [-0.05, 0) is 37.5 Å². The molecule has 0 aromatic heterocycles. The molecule has 0 radical (unpaired) electrons. The maximum Gasteiger partial charge on any atom is 0.0992 e. The summed E-state index contributed by atoms with van der Waals surface area (Å²) in [7, 11) is 0. The van der Waals surface area contributed by atoms with E-state index < -0.39 is 0 Å². The Labute approximate surface area is 104 Å². The molecule has 1 aromatic rings. The van der Waals surface area contributed by atoms with Crippen molar-refractivity contribution in [3.05, 3.63) is 29.3 Å². The van der Waals surface area contributed by atoms with Crippen LogP contribution >= 0.6 is 0 Å². The van der Waals surface area contributed by atoms with Gasteiger partial charge in [0.1, 0.15) is 0 Å². The Bertz CT molecular complexity index is 444. The zero-order valence-corrected chi connectivity index (χ0v) is 11.0. The third-order valence-electron chi connectivity index (χ3n) is 4.23. The lowest BCUT2D eigenvalue weighted by molar-refractivity contribution is 0.194. The molecule has 1 fully saturated rings. The monoisotopic (exact) mass is 228 g/mol. The molecule has 2 nitrogen and oxygen atoms in total. The molecule has 0 bridgehead atoms. The van der Waals surface area contributed by atoms with Crippen molar-refractivity contribution in [2.24, 2.45) is 5.41 Å². The molecule has 1 heterocycles. The summed E-state index contributed by atoms with van der Waals surface area (Å²) < 4.78 is 0. The summed E-state index contributed by atoms with van der Waals surface area (Å²) in [6, 6.07) is 8.18. The molecule has 2 rings (SSSR count). The highest BCUT2D eigenvalue weighted by atomic mass is 15.2. The van der Waals surface area contributed by atoms with E-state index >= 15 is 0 Å². The Balaban J connectivity index is 2.19. The van der Waals surface area contributed by atoms with E-state index in [1.807, 2.05) is 18.2 Å². The average molecular weight is 228 g/mol. The van der Waals surface area contributed by atoms with Crippen LogP contribution in [-0.2, 0) is 0 Å². The van der Waals surface area contributed by atoms with E-state index in [-0.39, 0.29) is 0 Å². The second-order valence-corrected chi connectivity index (χ2v) is 5.18. The number of anilines is 1. The molecule has 0 N–H and O–H groups in total. The molecule has 0 spiro atoms. The Morgan fingerprint density at radius 1 is 1.29 bits per heavy atom. The minimum absolute atomic E-state index is 0.509. The van der Waals surface area contributed by atoms with Crippen molar-refractivity contribution in [1.82, 2.24) is 0 Å². The molecule has 0 saturated carbocycles. The summed E-state index contributed by atoms with van der Waals surface area (Å²) >= 11 is 0. The molecule has 2 heteroatoms. The molecule has 0 aliphatic carbocycles. The highest BCUT2D eigenvalue weighted by Crippen LogP contribution is 2.40. The molecule has 1 aromatic carbocycles. The van der Waals surface area contributed by atoms with Gasteiger partial charge in [0, 0.05) is 24.2 Å². The Kier molecular flexibility index (Phi) is 3.11. The highest BCUT2D eigenvalue weighted by molar-refractivity contribution is 5.59. The third kappa shape index (κ3) is 2.02. The summed E-state index contributed by atoms with van der Waals surface area (Å²) in [5, 5.41) is 8.95. The maximum atomic E-state index is 8.95. The predicted molar refractivity (Wildman–Crippen MR) is 71.1 cm³/mol. The number of rotatable bonds is 3. The normalized spacial score (nSPS) is 17.4. The molecule has 1 aliphatic rings. The van der Waals surface area contributed by atoms with Crippen molar-refractivity contribution >= 4 is 5.69 Å². The molecule has 0 atom stereocenters. The summed E-state index contributed by atoms with van der Waals surface area (Å²) in [4.78, 5) is 2.41. The van der Waals surface area contributed by atoms with Crippen LogP contribution in [0, 0.1) is 23.7 Å². The smallest absolute Gasteiger partial charge is 0.0992 e. The van der Waals surface area contributed by atoms with Crippen LogP contribution in [0.1, 0.15) is 37.8 Å². The number of benzene rings is 1. The van der Waals surface area contributed by atoms with E-state index in [0.29, 0.717) is 5.41 Å². The summed E-state index contributed by atoms with van der Waals surface area (Å²) in [6.45, 7) is 8.94. The lowest BCUT2D eigenvalue weighted by Crippen LogP contribution is -2.56. The quantitative estimate of drug-likeness (QED) is 0.791. The van der Waals surface area contributed by atoms with Crippen LogP contribution in [0.5, 0.6) is 0 Å². The molecule has 90 valence electrons. The van der Waals surface area contributed by atoms with E-state index in [2.05, 4.69) is 31.7 Å². The first-order chi connectivity index (χ1) is 8.14. The molecular weight excluding hydrogens is 208 g/mol. The molecular formula is C15H20N2. The van der Waals surface area contributed by atoms with Crippen LogP contribution in [0.15, 0.2) is 18.2 Å². The van der Waals surface area contributed by atoms with Gasteiger partial charge in [-0.25, -0.2) is 0 Å². The largest absolute Gasteiger partial charge is 0.370 e. The minimum atomic E-state index is 0.509. The zero-order valence-electron chi connectivity index (χ0n) is 11.0. The van der Waals surface area contributed by atoms with Gasteiger partial charge in [-0.1, -0.05) is 19.9 Å². The second kappa shape index (κ2) is 4.41. The fourth-order valence-electron chi connectivity index (χ4n) is 2.65. The Morgan fingerprint density at radius 2 is 1.94 bits per heavy atom. The summed E-state index contributed by atoms with van der Waals surface area (Å²) in [6.07, 6.45) is 2.49. The van der Waals surface area contributed by atoms with Crippen molar-refractivity contribution < 1.29 is 0 Å². The van der Waals surface area contributed by atoms with E-state index in [9.17, 15) is 0 Å². The van der Waals surface area contributed by atoms with Crippen molar-refractivity contribution in [1.29, 1.82) is 5.26 Å². The van der Waals surface area contributed by atoms with Crippen LogP contribution < -0.4 is 4.90 Å². The topological polar surface area (TPSA) is 27.0 Å². The van der Waals surface area contributed by atoms with Crippen molar-refractivity contribution in [2.45, 2.75) is 33.6 Å². The van der Waals surface area contributed by atoms with Crippen LogP contribution in [-0.4, -0.2) is 13.1 Å². The number of hydrogen-bond donors (Lipinski definition) is 0. The maximum absolute atomic E-state index is 8.95. The van der Waals surface area contributed by atoms with Gasteiger partial charge in [0.05, 0.1) is 11.6 Å². The van der Waals surface area contributed by atoms with Crippen LogP contribution in [0.25, 0.3) is 0 Å². The van der Waals surface area contributed by atoms with E-state index in [1.54, 1.807) is 0 Å². The van der Waals surface area contributed by atoms with E-state index in [0.717, 1.165) is 18.7 Å². The lowest BCUT2D eigenvalue weighted by Gasteiger charge is -2.51. The van der Waals surface area contributed by atoms with Gasteiger partial charge in [0.2, 0.25) is 0 Å². The van der Waals surface area contributed by atoms with Gasteiger partial charge in [0.15, 0.2) is 0 Å². The fraction of sp³-hybridized carbons (Fsp3) is 0.533. The third-order valence-corrected chi connectivity index (χ3v) is 4.23. The Morgan fingerprint density at radius 3 is 2.47 bits per heavy atom. The SMILES string of the molecule is CCC1(CC)CN(c2cc(C#N)ccc2C)C1. The molecule has 0 unspecified atom stereocenters. The number of nitrogens with zero attached hydrogens (tertiary/aromatic N) is 2. The second-order valence-electron chi connectivity index (χ2n) is 5.18. The first-order valence-corrected chi connectivity index (χ1v) is 6.40. The standard InChI is InChI=1S/C15H20N2/c1-4-15(5-2)10-17(11-15)14-8-13(9-16)7-6-12(14)3/h6-8H,4-5,10-11H2,1-3H3.